The molecule has 0 spiro atoms. The summed E-state index contributed by atoms with van der Waals surface area (Å²) in [7, 11) is 0. The maximum Gasteiger partial charge on any atom is 0.282 e. The molecule has 0 aliphatic heterocycles. The van der Waals surface area contributed by atoms with Gasteiger partial charge in [-0.1, -0.05) is 23.7 Å². The number of rotatable bonds is 5. The second kappa shape index (κ2) is 7.19. The Bertz CT molecular complexity index is 919. The Balaban J connectivity index is 1.69. The third kappa shape index (κ3) is 3.87. The van der Waals surface area contributed by atoms with Crippen LogP contribution < -0.4 is 5.32 Å². The normalized spacial score (nSPS) is 10.4. The van der Waals surface area contributed by atoms with Crippen LogP contribution in [0.5, 0.6) is 0 Å². The topological polar surface area (TPSA) is 85.4 Å². The average molecular weight is 357 g/mol. The fourth-order valence-electron chi connectivity index (χ4n) is 2.33. The molecule has 0 aliphatic carbocycles. The van der Waals surface area contributed by atoms with Crippen LogP contribution in [0.3, 0.4) is 0 Å². The van der Waals surface area contributed by atoms with Gasteiger partial charge in [-0.15, -0.1) is 0 Å². The van der Waals surface area contributed by atoms with E-state index in [1.165, 1.54) is 18.2 Å². The molecular weight excluding hydrogens is 344 g/mol. The first-order valence-corrected chi connectivity index (χ1v) is 7.78. The smallest absolute Gasteiger partial charge is 0.282 e. The van der Waals surface area contributed by atoms with Crippen molar-refractivity contribution in [2.75, 3.05) is 0 Å². The van der Waals surface area contributed by atoms with Gasteiger partial charge in [0.25, 0.3) is 11.6 Å². The molecule has 0 aliphatic rings. The zero-order valence-corrected chi connectivity index (χ0v) is 13.7. The van der Waals surface area contributed by atoms with Gasteiger partial charge in [0.1, 0.15) is 17.1 Å². The van der Waals surface area contributed by atoms with E-state index >= 15 is 0 Å². The van der Waals surface area contributed by atoms with Gasteiger partial charge in [-0.3, -0.25) is 14.9 Å². The van der Waals surface area contributed by atoms with Crippen molar-refractivity contribution >= 4 is 23.2 Å². The first kappa shape index (κ1) is 16.7. The molecule has 7 heteroatoms. The Kier molecular flexibility index (Phi) is 4.81. The highest BCUT2D eigenvalue weighted by Gasteiger charge is 2.19. The number of benzene rings is 2. The van der Waals surface area contributed by atoms with Crippen LogP contribution in [0.15, 0.2) is 65.1 Å². The van der Waals surface area contributed by atoms with Crippen molar-refractivity contribution in [1.82, 2.24) is 5.32 Å². The summed E-state index contributed by atoms with van der Waals surface area (Å²) in [5.41, 5.74) is 0.638. The van der Waals surface area contributed by atoms with Gasteiger partial charge in [0.15, 0.2) is 0 Å². The van der Waals surface area contributed by atoms with Gasteiger partial charge >= 0.3 is 0 Å². The van der Waals surface area contributed by atoms with Crippen molar-refractivity contribution in [3.05, 3.63) is 87.1 Å². The number of para-hydroxylation sites is 1. The zero-order chi connectivity index (χ0) is 17.8. The van der Waals surface area contributed by atoms with Crippen molar-refractivity contribution in [3.8, 4) is 11.3 Å². The molecule has 1 aromatic heterocycles. The van der Waals surface area contributed by atoms with E-state index in [0.717, 1.165) is 5.56 Å². The number of hydrogen-bond donors (Lipinski definition) is 1. The second-order valence-electron chi connectivity index (χ2n) is 5.23. The predicted molar refractivity (Wildman–Crippen MR) is 93.4 cm³/mol. The number of carbonyl (C=O) groups is 1. The number of furan rings is 1. The number of nitrogens with one attached hydrogen (secondary N) is 1. The summed E-state index contributed by atoms with van der Waals surface area (Å²) < 4.78 is 5.68. The summed E-state index contributed by atoms with van der Waals surface area (Å²) in [5, 5.41) is 14.2. The van der Waals surface area contributed by atoms with E-state index in [4.69, 9.17) is 16.0 Å². The molecule has 6 nitrogen and oxygen atoms in total. The van der Waals surface area contributed by atoms with E-state index in [0.29, 0.717) is 16.5 Å². The largest absolute Gasteiger partial charge is 0.459 e. The van der Waals surface area contributed by atoms with Crippen molar-refractivity contribution in [1.29, 1.82) is 0 Å². The van der Waals surface area contributed by atoms with E-state index in [1.807, 2.05) is 12.1 Å². The second-order valence-corrected chi connectivity index (χ2v) is 5.67. The molecule has 2 aromatic carbocycles. The lowest BCUT2D eigenvalue weighted by Crippen LogP contribution is -2.23. The molecule has 0 bridgehead atoms. The Labute approximate surface area is 148 Å². The summed E-state index contributed by atoms with van der Waals surface area (Å²) in [6, 6.07) is 16.5. The van der Waals surface area contributed by atoms with Crippen LogP contribution in [0.1, 0.15) is 16.1 Å². The molecule has 0 unspecified atom stereocenters. The van der Waals surface area contributed by atoms with Crippen LogP contribution in [0.2, 0.25) is 5.02 Å². The van der Waals surface area contributed by atoms with Gasteiger partial charge in [-0.25, -0.2) is 0 Å². The predicted octanol–water partition coefficient (Wildman–Crippen LogP) is 4.44. The highest BCUT2D eigenvalue weighted by Crippen LogP contribution is 2.24. The number of amides is 1. The Morgan fingerprint density at radius 2 is 1.80 bits per heavy atom. The van der Waals surface area contributed by atoms with E-state index in [9.17, 15) is 14.9 Å². The summed E-state index contributed by atoms with van der Waals surface area (Å²) >= 11 is 5.86. The third-order valence-corrected chi connectivity index (χ3v) is 3.81. The van der Waals surface area contributed by atoms with Crippen LogP contribution in [-0.2, 0) is 6.54 Å². The molecule has 3 aromatic rings. The van der Waals surface area contributed by atoms with Gasteiger partial charge in [0.2, 0.25) is 0 Å². The maximum absolute atomic E-state index is 12.2. The molecule has 0 atom stereocenters. The van der Waals surface area contributed by atoms with Crippen LogP contribution in [0.25, 0.3) is 11.3 Å². The minimum atomic E-state index is -0.583. The summed E-state index contributed by atoms with van der Waals surface area (Å²) in [4.78, 5) is 22.6. The van der Waals surface area contributed by atoms with Gasteiger partial charge in [-0.05, 0) is 42.5 Å². The molecule has 1 amide bonds. The fraction of sp³-hybridized carbons (Fsp3) is 0.0556. The lowest BCUT2D eigenvalue weighted by molar-refractivity contribution is -0.385. The van der Waals surface area contributed by atoms with Gasteiger partial charge in [0.05, 0.1) is 11.5 Å². The van der Waals surface area contributed by atoms with Gasteiger partial charge in [-0.2, -0.15) is 0 Å². The molecule has 126 valence electrons. The number of nitrogens with zero attached hydrogens (tertiary/aromatic N) is 1. The molecular formula is C18H13ClN2O4. The lowest BCUT2D eigenvalue weighted by atomic mass is 10.1. The van der Waals surface area contributed by atoms with E-state index in [-0.39, 0.29) is 17.8 Å². The quantitative estimate of drug-likeness (QED) is 0.541. The van der Waals surface area contributed by atoms with E-state index in [2.05, 4.69) is 5.32 Å². The molecule has 0 saturated carbocycles. The van der Waals surface area contributed by atoms with E-state index in [1.54, 1.807) is 30.3 Å². The lowest BCUT2D eigenvalue weighted by Gasteiger charge is -2.04. The van der Waals surface area contributed by atoms with Crippen LogP contribution in [0.4, 0.5) is 5.69 Å². The van der Waals surface area contributed by atoms with E-state index < -0.39 is 10.8 Å². The zero-order valence-electron chi connectivity index (χ0n) is 12.9. The molecule has 0 fully saturated rings. The first-order chi connectivity index (χ1) is 12.0. The molecule has 0 radical (unpaired) electrons. The van der Waals surface area contributed by atoms with Crippen molar-refractivity contribution in [2.45, 2.75) is 6.54 Å². The third-order valence-electron chi connectivity index (χ3n) is 3.56. The molecule has 25 heavy (non-hydrogen) atoms. The molecule has 1 N–H and O–H groups in total. The van der Waals surface area contributed by atoms with Crippen LogP contribution >= 0.6 is 11.6 Å². The number of nitro groups is 1. The Morgan fingerprint density at radius 3 is 2.52 bits per heavy atom. The monoisotopic (exact) mass is 356 g/mol. The maximum atomic E-state index is 12.2. The summed E-state index contributed by atoms with van der Waals surface area (Å²) in [6.07, 6.45) is 0. The van der Waals surface area contributed by atoms with Crippen LogP contribution in [-0.4, -0.2) is 10.8 Å². The fourth-order valence-corrected chi connectivity index (χ4v) is 2.46. The van der Waals surface area contributed by atoms with Crippen molar-refractivity contribution < 1.29 is 14.1 Å². The molecule has 3 rings (SSSR count). The number of hydrogen-bond acceptors (Lipinski definition) is 4. The summed E-state index contributed by atoms with van der Waals surface area (Å²) in [6.45, 7) is 0.123. The Morgan fingerprint density at radius 1 is 1.08 bits per heavy atom. The van der Waals surface area contributed by atoms with Crippen LogP contribution in [0, 0.1) is 10.1 Å². The molecule has 1 heterocycles. The molecule has 0 saturated heterocycles. The standard InChI is InChI=1S/C18H13ClN2O4/c19-13-7-5-12(6-8-13)17-10-9-14(25-17)11-20-18(22)15-3-1-2-4-16(15)21(23)24/h1-10H,11H2,(H,20,22). The number of nitro benzene ring substituents is 1. The van der Waals surface area contributed by atoms with Gasteiger partial charge < -0.3 is 9.73 Å². The SMILES string of the molecule is O=C(NCc1ccc(-c2ccc(Cl)cc2)o1)c1ccccc1[N+](=O)[O-]. The summed E-state index contributed by atoms with van der Waals surface area (Å²) in [5.74, 6) is 0.653. The first-order valence-electron chi connectivity index (χ1n) is 7.41. The number of carbonyl (C=O) groups excluding carboxylic acids is 1. The van der Waals surface area contributed by atoms with Crippen molar-refractivity contribution in [2.24, 2.45) is 0 Å². The minimum Gasteiger partial charge on any atom is -0.459 e. The van der Waals surface area contributed by atoms with Gasteiger partial charge in [0, 0.05) is 16.7 Å². The highest BCUT2D eigenvalue weighted by atomic mass is 35.5. The van der Waals surface area contributed by atoms with Crippen molar-refractivity contribution in [3.63, 3.8) is 0 Å². The highest BCUT2D eigenvalue weighted by molar-refractivity contribution is 6.30. The minimum absolute atomic E-state index is 0.0111. The average Bonchev–Trinajstić information content (AvgIpc) is 3.09. The Hall–Kier alpha value is -3.12. The number of halogens is 1.